The Morgan fingerprint density at radius 3 is 2.86 bits per heavy atom. The number of hydrogen-bond acceptors (Lipinski definition) is 4. The number of esters is 1. The summed E-state index contributed by atoms with van der Waals surface area (Å²) in [4.78, 5) is 16.3. The van der Waals surface area contributed by atoms with E-state index in [9.17, 15) is 4.79 Å². The molecule has 1 atom stereocenters. The van der Waals surface area contributed by atoms with Crippen LogP contribution in [0.15, 0.2) is 35.3 Å². The Hall–Kier alpha value is -2.10. The van der Waals surface area contributed by atoms with E-state index in [0.29, 0.717) is 5.56 Å². The molecule has 0 fully saturated rings. The minimum atomic E-state index is -0.322. The fourth-order valence-corrected chi connectivity index (χ4v) is 2.39. The third kappa shape index (κ3) is 4.18. The van der Waals surface area contributed by atoms with Gasteiger partial charge in [-0.15, -0.1) is 0 Å². The lowest BCUT2D eigenvalue weighted by Crippen LogP contribution is -2.06. The van der Waals surface area contributed by atoms with E-state index >= 15 is 0 Å². The van der Waals surface area contributed by atoms with Gasteiger partial charge in [-0.2, -0.15) is 0 Å². The molecule has 4 heteroatoms. The standard InChI is InChI=1S/C17H21NO3/c1-20-16-10-6-4-8-14(18-16)12-11-13-7-3-5-9-15(13)17(19)21-2/h3,5,7,9,11-12,14H,4,6,8,10H2,1-2H3. The number of benzene rings is 1. The molecule has 112 valence electrons. The van der Waals surface area contributed by atoms with E-state index in [2.05, 4.69) is 4.99 Å². The van der Waals surface area contributed by atoms with Crippen molar-refractivity contribution in [2.24, 2.45) is 4.99 Å². The van der Waals surface area contributed by atoms with E-state index < -0.39 is 0 Å². The van der Waals surface area contributed by atoms with Crippen molar-refractivity contribution in [2.75, 3.05) is 14.2 Å². The fourth-order valence-electron chi connectivity index (χ4n) is 2.39. The lowest BCUT2D eigenvalue weighted by molar-refractivity contribution is 0.0600. The highest BCUT2D eigenvalue weighted by Crippen LogP contribution is 2.18. The van der Waals surface area contributed by atoms with Crippen LogP contribution in [0, 0.1) is 0 Å². The SMILES string of the molecule is COC(=O)c1ccccc1C=CC1CCCCC(OC)=N1. The number of carbonyl (C=O) groups excluding carboxylic acids is 1. The lowest BCUT2D eigenvalue weighted by Gasteiger charge is -2.07. The van der Waals surface area contributed by atoms with Gasteiger partial charge in [0.05, 0.1) is 25.8 Å². The topological polar surface area (TPSA) is 47.9 Å². The van der Waals surface area contributed by atoms with Crippen LogP contribution in [-0.4, -0.2) is 32.1 Å². The molecule has 1 aromatic carbocycles. The summed E-state index contributed by atoms with van der Waals surface area (Å²) >= 11 is 0. The zero-order valence-electron chi connectivity index (χ0n) is 12.5. The molecule has 0 spiro atoms. The maximum absolute atomic E-state index is 11.7. The quantitative estimate of drug-likeness (QED) is 0.800. The first-order valence-electron chi connectivity index (χ1n) is 7.21. The summed E-state index contributed by atoms with van der Waals surface area (Å²) in [5.74, 6) is 0.487. The van der Waals surface area contributed by atoms with Crippen LogP contribution in [0.3, 0.4) is 0 Å². The van der Waals surface area contributed by atoms with Crippen LogP contribution in [0.25, 0.3) is 6.08 Å². The van der Waals surface area contributed by atoms with Crippen LogP contribution in [0.1, 0.15) is 41.6 Å². The van der Waals surface area contributed by atoms with Crippen LogP contribution in [0.5, 0.6) is 0 Å². The molecule has 4 nitrogen and oxygen atoms in total. The van der Waals surface area contributed by atoms with Crippen LogP contribution in [0.2, 0.25) is 0 Å². The van der Waals surface area contributed by atoms with Gasteiger partial charge in [0.2, 0.25) is 0 Å². The third-order valence-corrected chi connectivity index (χ3v) is 3.55. The van der Waals surface area contributed by atoms with Crippen LogP contribution < -0.4 is 0 Å². The predicted octanol–water partition coefficient (Wildman–Crippen LogP) is 3.47. The molecule has 0 saturated carbocycles. The normalized spacial score (nSPS) is 19.0. The first-order valence-corrected chi connectivity index (χ1v) is 7.21. The molecule has 21 heavy (non-hydrogen) atoms. The van der Waals surface area contributed by atoms with Gasteiger partial charge in [-0.25, -0.2) is 9.79 Å². The average molecular weight is 287 g/mol. The van der Waals surface area contributed by atoms with Gasteiger partial charge in [0.25, 0.3) is 0 Å². The van der Waals surface area contributed by atoms with Crippen molar-refractivity contribution in [3.63, 3.8) is 0 Å². The molecule has 1 aromatic rings. The monoisotopic (exact) mass is 287 g/mol. The minimum absolute atomic E-state index is 0.105. The summed E-state index contributed by atoms with van der Waals surface area (Å²) in [6.45, 7) is 0. The Bertz CT molecular complexity index is 549. The first kappa shape index (κ1) is 15.3. The van der Waals surface area contributed by atoms with Gasteiger partial charge in [-0.1, -0.05) is 36.8 Å². The lowest BCUT2D eigenvalue weighted by atomic mass is 10.0. The predicted molar refractivity (Wildman–Crippen MR) is 83.5 cm³/mol. The van der Waals surface area contributed by atoms with Gasteiger partial charge < -0.3 is 9.47 Å². The molecular formula is C17H21NO3. The Morgan fingerprint density at radius 1 is 1.29 bits per heavy atom. The molecule has 0 aromatic heterocycles. The van der Waals surface area contributed by atoms with Gasteiger partial charge in [0, 0.05) is 6.42 Å². The summed E-state index contributed by atoms with van der Waals surface area (Å²) < 4.78 is 10.1. The first-order chi connectivity index (χ1) is 10.2. The summed E-state index contributed by atoms with van der Waals surface area (Å²) in [7, 11) is 3.06. The zero-order chi connectivity index (χ0) is 15.1. The molecular weight excluding hydrogens is 266 g/mol. The second kappa shape index (κ2) is 7.62. The zero-order valence-corrected chi connectivity index (χ0v) is 12.5. The van der Waals surface area contributed by atoms with E-state index in [4.69, 9.17) is 9.47 Å². The molecule has 1 unspecified atom stereocenters. The maximum atomic E-state index is 11.7. The van der Waals surface area contributed by atoms with Crippen molar-refractivity contribution in [2.45, 2.75) is 31.7 Å². The summed E-state index contributed by atoms with van der Waals surface area (Å²) in [5.41, 5.74) is 1.42. The average Bonchev–Trinajstić information content (AvgIpc) is 2.77. The molecule has 0 N–H and O–H groups in total. The van der Waals surface area contributed by atoms with Crippen molar-refractivity contribution in [1.82, 2.24) is 0 Å². The van der Waals surface area contributed by atoms with E-state index in [1.54, 1.807) is 13.2 Å². The maximum Gasteiger partial charge on any atom is 0.338 e. The number of ether oxygens (including phenoxy) is 2. The number of methoxy groups -OCH3 is 2. The van der Waals surface area contributed by atoms with Crippen LogP contribution >= 0.6 is 0 Å². The van der Waals surface area contributed by atoms with E-state index in [-0.39, 0.29) is 12.0 Å². The van der Waals surface area contributed by atoms with Crippen molar-refractivity contribution in [3.8, 4) is 0 Å². The summed E-state index contributed by atoms with van der Waals surface area (Å²) in [6.07, 6.45) is 8.12. The van der Waals surface area contributed by atoms with Crippen LogP contribution in [-0.2, 0) is 9.47 Å². The molecule has 0 saturated heterocycles. The largest absolute Gasteiger partial charge is 0.484 e. The molecule has 1 aliphatic rings. The van der Waals surface area contributed by atoms with Crippen molar-refractivity contribution < 1.29 is 14.3 Å². The Labute approximate surface area is 125 Å². The van der Waals surface area contributed by atoms with Gasteiger partial charge in [0.1, 0.15) is 0 Å². The van der Waals surface area contributed by atoms with Gasteiger partial charge in [0.15, 0.2) is 5.90 Å². The van der Waals surface area contributed by atoms with E-state index in [0.717, 1.165) is 37.1 Å². The highest BCUT2D eigenvalue weighted by Gasteiger charge is 2.12. The number of carbonyl (C=O) groups is 1. The number of rotatable bonds is 3. The van der Waals surface area contributed by atoms with Crippen molar-refractivity contribution in [3.05, 3.63) is 41.5 Å². The Balaban J connectivity index is 2.19. The van der Waals surface area contributed by atoms with Gasteiger partial charge in [-0.05, 0) is 24.5 Å². The molecule has 1 aliphatic heterocycles. The molecule has 0 radical (unpaired) electrons. The van der Waals surface area contributed by atoms with E-state index in [1.165, 1.54) is 7.11 Å². The second-order valence-electron chi connectivity index (χ2n) is 4.98. The molecule has 0 bridgehead atoms. The van der Waals surface area contributed by atoms with Gasteiger partial charge in [-0.3, -0.25) is 0 Å². The molecule has 1 heterocycles. The fraction of sp³-hybridized carbons (Fsp3) is 0.412. The number of aliphatic imine (C=N–C) groups is 1. The number of hydrogen-bond donors (Lipinski definition) is 0. The highest BCUT2D eigenvalue weighted by atomic mass is 16.5. The van der Waals surface area contributed by atoms with E-state index in [1.807, 2.05) is 30.4 Å². The van der Waals surface area contributed by atoms with Crippen molar-refractivity contribution in [1.29, 1.82) is 0 Å². The number of nitrogens with zero attached hydrogens (tertiary/aromatic N) is 1. The highest BCUT2D eigenvalue weighted by molar-refractivity contribution is 5.93. The molecule has 0 aliphatic carbocycles. The van der Waals surface area contributed by atoms with Gasteiger partial charge >= 0.3 is 5.97 Å². The summed E-state index contributed by atoms with van der Waals surface area (Å²) in [6, 6.07) is 7.51. The summed E-state index contributed by atoms with van der Waals surface area (Å²) in [5, 5.41) is 0. The molecule has 0 amide bonds. The third-order valence-electron chi connectivity index (χ3n) is 3.55. The smallest absolute Gasteiger partial charge is 0.338 e. The minimum Gasteiger partial charge on any atom is -0.484 e. The Kier molecular flexibility index (Phi) is 5.55. The van der Waals surface area contributed by atoms with Crippen molar-refractivity contribution >= 4 is 17.9 Å². The second-order valence-corrected chi connectivity index (χ2v) is 4.98. The van der Waals surface area contributed by atoms with Crippen LogP contribution in [0.4, 0.5) is 0 Å². The molecule has 2 rings (SSSR count). The Morgan fingerprint density at radius 2 is 2.10 bits per heavy atom.